The number of nitrogens with two attached hydrogens (primary N) is 2. The molecule has 2 aromatic carbocycles. The molecule has 0 fully saturated rings. The lowest BCUT2D eigenvalue weighted by atomic mass is 10.1. The number of benzene rings is 1. The van der Waals surface area contributed by atoms with Crippen molar-refractivity contribution in [1.82, 2.24) is 0 Å². The third-order valence-corrected chi connectivity index (χ3v) is 3.52. The van der Waals surface area contributed by atoms with Crippen LogP contribution in [0.1, 0.15) is 12.0 Å². The van der Waals surface area contributed by atoms with E-state index in [0.717, 1.165) is 17.7 Å². The number of nitrogens with zero attached hydrogens (tertiary/aromatic N) is 1. The van der Waals surface area contributed by atoms with Crippen LogP contribution in [-0.2, 0) is 6.54 Å². The van der Waals surface area contributed by atoms with Crippen LogP contribution in [0.25, 0.3) is 0 Å². The van der Waals surface area contributed by atoms with Gasteiger partial charge in [-0.05, 0) is 24.1 Å². The average molecular weight is 310 g/mol. The van der Waals surface area contributed by atoms with Crippen LogP contribution in [0.4, 0.5) is 17.1 Å². The van der Waals surface area contributed by atoms with Crippen molar-refractivity contribution >= 4 is 29.5 Å². The first-order valence-electron chi connectivity index (χ1n) is 6.45. The highest BCUT2D eigenvalue weighted by molar-refractivity contribution is 5.85. The van der Waals surface area contributed by atoms with E-state index in [1.807, 2.05) is 18.2 Å². The van der Waals surface area contributed by atoms with Gasteiger partial charge in [0, 0.05) is 13.1 Å². The Labute approximate surface area is 127 Å². The number of rotatable bonds is 2. The maximum atomic E-state index is 11.8. The smallest absolute Gasteiger partial charge is 0.253 e. The fourth-order valence-corrected chi connectivity index (χ4v) is 2.45. The van der Waals surface area contributed by atoms with Gasteiger partial charge in [-0.1, -0.05) is 6.07 Å². The highest BCUT2D eigenvalue weighted by Gasteiger charge is 2.28. The first kappa shape index (κ1) is 15.3. The summed E-state index contributed by atoms with van der Waals surface area (Å²) in [4.78, 5) is 24.8. The molecule has 0 spiro atoms. The van der Waals surface area contributed by atoms with E-state index in [-0.39, 0.29) is 23.8 Å². The summed E-state index contributed by atoms with van der Waals surface area (Å²) in [5.74, 6) is 0.673. The van der Waals surface area contributed by atoms with E-state index in [2.05, 4.69) is 0 Å². The number of halogens is 1. The fraction of sp³-hybridized carbons (Fsp3) is 0.286. The van der Waals surface area contributed by atoms with Gasteiger partial charge in [0.05, 0.1) is 12.3 Å². The lowest BCUT2D eigenvalue weighted by Crippen LogP contribution is -2.41. The van der Waals surface area contributed by atoms with Crippen LogP contribution in [-0.4, -0.2) is 13.2 Å². The molecule has 2 aromatic rings. The lowest BCUT2D eigenvalue weighted by molar-refractivity contribution is 0.322. The fourth-order valence-electron chi connectivity index (χ4n) is 2.45. The van der Waals surface area contributed by atoms with Gasteiger partial charge in [0.1, 0.15) is 17.1 Å². The van der Waals surface area contributed by atoms with Gasteiger partial charge in [0.2, 0.25) is 0 Å². The van der Waals surface area contributed by atoms with Gasteiger partial charge in [-0.2, -0.15) is 0 Å². The maximum absolute atomic E-state index is 11.8. The molecule has 0 unspecified atom stereocenters. The molecule has 21 heavy (non-hydrogen) atoms. The predicted octanol–water partition coefficient (Wildman–Crippen LogP) is 0.666. The number of nitrogen functional groups attached to an aromatic ring is 1. The van der Waals surface area contributed by atoms with Crippen molar-refractivity contribution in [3.63, 3.8) is 0 Å². The lowest BCUT2D eigenvalue weighted by Gasteiger charge is -2.25. The molecule has 3 rings (SSSR count). The zero-order chi connectivity index (χ0) is 14.3. The summed E-state index contributed by atoms with van der Waals surface area (Å²) in [6.07, 6.45) is 0.741. The van der Waals surface area contributed by atoms with Crippen molar-refractivity contribution in [3.8, 4) is 5.75 Å². The molecule has 6 nitrogen and oxygen atoms in total. The van der Waals surface area contributed by atoms with Crippen LogP contribution >= 0.6 is 12.4 Å². The van der Waals surface area contributed by atoms with Crippen LogP contribution in [0, 0.1) is 0 Å². The maximum Gasteiger partial charge on any atom is 0.253 e. The third-order valence-electron chi connectivity index (χ3n) is 3.52. The van der Waals surface area contributed by atoms with Crippen molar-refractivity contribution in [2.45, 2.75) is 13.0 Å². The summed E-state index contributed by atoms with van der Waals surface area (Å²) in [7, 11) is 0. The normalized spacial score (nSPS) is 14.0. The molecule has 0 saturated heterocycles. The minimum Gasteiger partial charge on any atom is -0.491 e. The Morgan fingerprint density at radius 2 is 2.00 bits per heavy atom. The van der Waals surface area contributed by atoms with E-state index in [4.69, 9.17) is 16.2 Å². The Morgan fingerprint density at radius 1 is 1.24 bits per heavy atom. The SMILES string of the molecule is Cl.NCc1ccc2c(c1)N(c1c(N)c(=O)c1=O)CCCO2. The first-order valence-corrected chi connectivity index (χ1v) is 6.45. The zero-order valence-electron chi connectivity index (χ0n) is 11.3. The van der Waals surface area contributed by atoms with Gasteiger partial charge in [-0.15, -0.1) is 12.4 Å². The minimum absolute atomic E-state index is 0. The van der Waals surface area contributed by atoms with E-state index >= 15 is 0 Å². The Morgan fingerprint density at radius 3 is 2.67 bits per heavy atom. The third kappa shape index (κ3) is 2.36. The summed E-state index contributed by atoms with van der Waals surface area (Å²) in [6, 6.07) is 5.59. The number of anilines is 3. The molecular weight excluding hydrogens is 294 g/mol. The highest BCUT2D eigenvalue weighted by atomic mass is 35.5. The summed E-state index contributed by atoms with van der Waals surface area (Å²) in [6.45, 7) is 1.53. The topological polar surface area (TPSA) is 98.6 Å². The number of fused-ring (bicyclic) bond motifs is 1. The monoisotopic (exact) mass is 309 g/mol. The molecule has 0 atom stereocenters. The standard InChI is InChI=1S/C14H15N3O3.ClH/c15-7-8-2-3-10-9(6-8)17(4-1-5-20-10)12-11(16)13(18)14(12)19;/h2-3,6H,1,4-5,7,15-16H2;1H. The van der Waals surface area contributed by atoms with E-state index in [1.165, 1.54) is 0 Å². The van der Waals surface area contributed by atoms with Crippen molar-refractivity contribution in [2.24, 2.45) is 5.73 Å². The second-order valence-corrected chi connectivity index (χ2v) is 4.78. The molecule has 7 heteroatoms. The minimum atomic E-state index is -0.610. The summed E-state index contributed by atoms with van der Waals surface area (Å²) in [5.41, 5.74) is 12.1. The quantitative estimate of drug-likeness (QED) is 0.791. The van der Waals surface area contributed by atoms with Gasteiger partial charge < -0.3 is 21.1 Å². The van der Waals surface area contributed by atoms with Gasteiger partial charge in [0.25, 0.3) is 10.9 Å². The Balaban J connectivity index is 0.00000161. The molecule has 0 amide bonds. The highest BCUT2D eigenvalue weighted by Crippen LogP contribution is 2.37. The molecule has 0 bridgehead atoms. The van der Waals surface area contributed by atoms with Gasteiger partial charge in [-0.3, -0.25) is 9.59 Å². The molecular formula is C14H16ClN3O3. The van der Waals surface area contributed by atoms with E-state index < -0.39 is 10.9 Å². The molecule has 4 N–H and O–H groups in total. The Hall–Kier alpha value is -2.05. The molecule has 1 aliphatic heterocycles. The van der Waals surface area contributed by atoms with Crippen molar-refractivity contribution in [3.05, 3.63) is 44.2 Å². The van der Waals surface area contributed by atoms with Gasteiger partial charge >= 0.3 is 0 Å². The zero-order valence-corrected chi connectivity index (χ0v) is 12.1. The summed E-state index contributed by atoms with van der Waals surface area (Å²) in [5, 5.41) is 0. The van der Waals surface area contributed by atoms with E-state index in [9.17, 15) is 9.59 Å². The van der Waals surface area contributed by atoms with E-state index in [1.54, 1.807) is 4.90 Å². The molecule has 1 heterocycles. The average Bonchev–Trinajstić information content (AvgIpc) is 2.69. The van der Waals surface area contributed by atoms with Gasteiger partial charge in [-0.25, -0.2) is 0 Å². The van der Waals surface area contributed by atoms with Gasteiger partial charge in [0.15, 0.2) is 0 Å². The largest absolute Gasteiger partial charge is 0.491 e. The van der Waals surface area contributed by atoms with Crippen molar-refractivity contribution in [1.29, 1.82) is 0 Å². The predicted molar refractivity (Wildman–Crippen MR) is 84.5 cm³/mol. The molecule has 112 valence electrons. The molecule has 0 radical (unpaired) electrons. The van der Waals surface area contributed by atoms with Crippen LogP contribution in [0.5, 0.6) is 5.75 Å². The van der Waals surface area contributed by atoms with Crippen LogP contribution < -0.4 is 32.0 Å². The second kappa shape index (κ2) is 5.75. The Kier molecular flexibility index (Phi) is 4.20. The van der Waals surface area contributed by atoms with Crippen LogP contribution in [0.15, 0.2) is 27.8 Å². The number of ether oxygens (including phenoxy) is 1. The first-order chi connectivity index (χ1) is 9.63. The van der Waals surface area contributed by atoms with Crippen LogP contribution in [0.2, 0.25) is 0 Å². The molecule has 0 aromatic heterocycles. The number of hydrogen-bond donors (Lipinski definition) is 2. The van der Waals surface area contributed by atoms with E-state index in [0.29, 0.717) is 25.4 Å². The molecule has 1 aliphatic rings. The van der Waals surface area contributed by atoms with Crippen LogP contribution in [0.3, 0.4) is 0 Å². The Bertz CT molecular complexity index is 737. The molecule has 0 aliphatic carbocycles. The second-order valence-electron chi connectivity index (χ2n) is 4.78. The van der Waals surface area contributed by atoms with Crippen molar-refractivity contribution in [2.75, 3.05) is 23.8 Å². The summed E-state index contributed by atoms with van der Waals surface area (Å²) >= 11 is 0. The molecule has 0 saturated carbocycles. The number of hydrogen-bond acceptors (Lipinski definition) is 6. The summed E-state index contributed by atoms with van der Waals surface area (Å²) < 4.78 is 5.65. The van der Waals surface area contributed by atoms with Crippen molar-refractivity contribution < 1.29 is 4.74 Å².